The fourth-order valence-electron chi connectivity index (χ4n) is 1.32. The van der Waals surface area contributed by atoms with Crippen LogP contribution in [0.15, 0.2) is 12.1 Å². The maximum Gasteiger partial charge on any atom is 0.271 e. The van der Waals surface area contributed by atoms with E-state index in [1.807, 2.05) is 6.92 Å². The van der Waals surface area contributed by atoms with E-state index in [0.717, 1.165) is 0 Å². The van der Waals surface area contributed by atoms with Gasteiger partial charge in [-0.05, 0) is 19.1 Å². The van der Waals surface area contributed by atoms with Crippen molar-refractivity contribution < 1.29 is 14.3 Å². The van der Waals surface area contributed by atoms with Crippen molar-refractivity contribution in [1.29, 1.82) is 0 Å². The van der Waals surface area contributed by atoms with Crippen molar-refractivity contribution in [3.8, 4) is 0 Å². The maximum atomic E-state index is 11.5. The molecule has 20 heavy (non-hydrogen) atoms. The summed E-state index contributed by atoms with van der Waals surface area (Å²) >= 11 is 0. The highest BCUT2D eigenvalue weighted by molar-refractivity contribution is 5.92. The molecule has 0 aliphatic heterocycles. The van der Waals surface area contributed by atoms with E-state index >= 15 is 0 Å². The van der Waals surface area contributed by atoms with Crippen LogP contribution in [0, 0.1) is 0 Å². The number of carbonyl (C=O) groups excluding carboxylic acids is 2. The standard InChI is InChI=1S/C12H19N5O3/c1-3-13-12(19)9-4-5-10(17-16-9)15-8-11(18)14-6-7-20-2/h4-5H,3,6-8H2,1-2H3,(H,13,19)(H,14,18)(H,15,17). The minimum Gasteiger partial charge on any atom is -0.383 e. The molecule has 1 aromatic rings. The van der Waals surface area contributed by atoms with Crippen LogP contribution in [0.25, 0.3) is 0 Å². The van der Waals surface area contributed by atoms with Crippen molar-refractivity contribution in [2.45, 2.75) is 6.92 Å². The summed E-state index contributed by atoms with van der Waals surface area (Å²) in [5.74, 6) is -0.0135. The summed E-state index contributed by atoms with van der Waals surface area (Å²) in [5, 5.41) is 15.7. The van der Waals surface area contributed by atoms with Gasteiger partial charge in [-0.3, -0.25) is 9.59 Å². The van der Waals surface area contributed by atoms with Gasteiger partial charge in [0, 0.05) is 20.2 Å². The lowest BCUT2D eigenvalue weighted by molar-refractivity contribution is -0.119. The summed E-state index contributed by atoms with van der Waals surface area (Å²) in [6.45, 7) is 3.36. The van der Waals surface area contributed by atoms with E-state index in [4.69, 9.17) is 4.74 Å². The Morgan fingerprint density at radius 2 is 2.05 bits per heavy atom. The fourth-order valence-corrected chi connectivity index (χ4v) is 1.32. The average molecular weight is 281 g/mol. The van der Waals surface area contributed by atoms with Gasteiger partial charge in [0.2, 0.25) is 5.91 Å². The Hall–Kier alpha value is -2.22. The molecular formula is C12H19N5O3. The Bertz CT molecular complexity index is 435. The highest BCUT2D eigenvalue weighted by Crippen LogP contribution is 2.01. The third kappa shape index (κ3) is 5.61. The maximum absolute atomic E-state index is 11.5. The van der Waals surface area contributed by atoms with Gasteiger partial charge in [-0.15, -0.1) is 10.2 Å². The summed E-state index contributed by atoms with van der Waals surface area (Å²) < 4.78 is 4.82. The van der Waals surface area contributed by atoms with E-state index in [2.05, 4.69) is 26.1 Å². The quantitative estimate of drug-likeness (QED) is 0.550. The van der Waals surface area contributed by atoms with E-state index in [0.29, 0.717) is 25.5 Å². The van der Waals surface area contributed by atoms with Crippen molar-refractivity contribution in [2.75, 3.05) is 38.7 Å². The van der Waals surface area contributed by atoms with Gasteiger partial charge >= 0.3 is 0 Å². The molecule has 0 saturated heterocycles. The Morgan fingerprint density at radius 3 is 2.65 bits per heavy atom. The summed E-state index contributed by atoms with van der Waals surface area (Å²) in [6, 6.07) is 3.14. The van der Waals surface area contributed by atoms with Gasteiger partial charge in [0.05, 0.1) is 13.2 Å². The highest BCUT2D eigenvalue weighted by atomic mass is 16.5. The van der Waals surface area contributed by atoms with E-state index < -0.39 is 0 Å². The molecule has 0 aliphatic carbocycles. The molecule has 0 aliphatic rings. The topological polar surface area (TPSA) is 105 Å². The Balaban J connectivity index is 2.38. The number of hydrogen-bond donors (Lipinski definition) is 3. The molecule has 8 nitrogen and oxygen atoms in total. The number of aromatic nitrogens is 2. The average Bonchev–Trinajstić information content (AvgIpc) is 2.46. The lowest BCUT2D eigenvalue weighted by atomic mass is 10.3. The van der Waals surface area contributed by atoms with Crippen LogP contribution in [0.2, 0.25) is 0 Å². The number of nitrogens with zero attached hydrogens (tertiary/aromatic N) is 2. The predicted molar refractivity (Wildman–Crippen MR) is 73.4 cm³/mol. The first kappa shape index (κ1) is 15.8. The number of methoxy groups -OCH3 is 1. The molecule has 8 heteroatoms. The van der Waals surface area contributed by atoms with Crippen LogP contribution < -0.4 is 16.0 Å². The lowest BCUT2D eigenvalue weighted by Gasteiger charge is -2.06. The third-order valence-electron chi connectivity index (χ3n) is 2.29. The molecule has 0 fully saturated rings. The van der Waals surface area contributed by atoms with Gasteiger partial charge < -0.3 is 20.7 Å². The Kier molecular flexibility index (Phi) is 6.97. The first-order valence-corrected chi connectivity index (χ1v) is 6.28. The van der Waals surface area contributed by atoms with Crippen molar-refractivity contribution >= 4 is 17.6 Å². The van der Waals surface area contributed by atoms with Crippen LogP contribution in [0.1, 0.15) is 17.4 Å². The number of amides is 2. The number of hydrogen-bond acceptors (Lipinski definition) is 6. The molecule has 3 N–H and O–H groups in total. The predicted octanol–water partition coefficient (Wildman–Crippen LogP) is -0.599. The van der Waals surface area contributed by atoms with Crippen LogP contribution in [0.3, 0.4) is 0 Å². The summed E-state index contributed by atoms with van der Waals surface area (Å²) in [5.41, 5.74) is 0.238. The molecule has 0 unspecified atom stereocenters. The minimum atomic E-state index is -0.274. The van der Waals surface area contributed by atoms with Crippen molar-refractivity contribution in [2.24, 2.45) is 0 Å². The van der Waals surface area contributed by atoms with Gasteiger partial charge in [-0.2, -0.15) is 0 Å². The van der Waals surface area contributed by atoms with Crippen molar-refractivity contribution in [1.82, 2.24) is 20.8 Å². The summed E-state index contributed by atoms with van der Waals surface area (Å²) in [6.07, 6.45) is 0. The number of anilines is 1. The number of carbonyl (C=O) groups is 2. The molecular weight excluding hydrogens is 262 g/mol. The second-order valence-corrected chi connectivity index (χ2v) is 3.86. The minimum absolute atomic E-state index is 0.0822. The van der Waals surface area contributed by atoms with Crippen LogP contribution in [-0.2, 0) is 9.53 Å². The molecule has 2 amide bonds. The van der Waals surface area contributed by atoms with Gasteiger partial charge in [0.25, 0.3) is 5.91 Å². The van der Waals surface area contributed by atoms with Gasteiger partial charge in [-0.25, -0.2) is 0 Å². The molecule has 1 rings (SSSR count). The molecule has 0 radical (unpaired) electrons. The molecule has 0 spiro atoms. The van der Waals surface area contributed by atoms with E-state index in [1.54, 1.807) is 19.2 Å². The first-order valence-electron chi connectivity index (χ1n) is 6.28. The van der Waals surface area contributed by atoms with Gasteiger partial charge in [0.15, 0.2) is 5.69 Å². The largest absolute Gasteiger partial charge is 0.383 e. The van der Waals surface area contributed by atoms with E-state index in [9.17, 15) is 9.59 Å². The van der Waals surface area contributed by atoms with Crippen LogP contribution in [-0.4, -0.2) is 55.4 Å². The third-order valence-corrected chi connectivity index (χ3v) is 2.29. The smallest absolute Gasteiger partial charge is 0.271 e. The van der Waals surface area contributed by atoms with Gasteiger partial charge in [-0.1, -0.05) is 0 Å². The van der Waals surface area contributed by atoms with Crippen molar-refractivity contribution in [3.05, 3.63) is 17.8 Å². The molecule has 0 aromatic carbocycles. The molecule has 0 saturated carbocycles. The fraction of sp³-hybridized carbons (Fsp3) is 0.500. The highest BCUT2D eigenvalue weighted by Gasteiger charge is 2.07. The summed E-state index contributed by atoms with van der Waals surface area (Å²) in [7, 11) is 1.57. The first-order chi connectivity index (χ1) is 9.67. The zero-order chi connectivity index (χ0) is 14.8. The zero-order valence-corrected chi connectivity index (χ0v) is 11.6. The second-order valence-electron chi connectivity index (χ2n) is 3.86. The van der Waals surface area contributed by atoms with Crippen LogP contribution in [0.5, 0.6) is 0 Å². The van der Waals surface area contributed by atoms with Crippen molar-refractivity contribution in [3.63, 3.8) is 0 Å². The number of rotatable bonds is 8. The second kappa shape index (κ2) is 8.81. The summed E-state index contributed by atoms with van der Waals surface area (Å²) in [4.78, 5) is 22.9. The SMILES string of the molecule is CCNC(=O)c1ccc(NCC(=O)NCCOC)nn1. The molecule has 0 atom stereocenters. The van der Waals surface area contributed by atoms with E-state index in [1.165, 1.54) is 0 Å². The zero-order valence-electron chi connectivity index (χ0n) is 11.6. The van der Waals surface area contributed by atoms with Crippen LogP contribution >= 0.6 is 0 Å². The normalized spacial score (nSPS) is 9.90. The molecule has 0 bridgehead atoms. The Morgan fingerprint density at radius 1 is 1.25 bits per heavy atom. The molecule has 110 valence electrons. The Labute approximate surface area is 117 Å². The van der Waals surface area contributed by atoms with E-state index in [-0.39, 0.29) is 24.1 Å². The lowest BCUT2D eigenvalue weighted by Crippen LogP contribution is -2.32. The van der Waals surface area contributed by atoms with Gasteiger partial charge in [0.1, 0.15) is 5.82 Å². The number of ether oxygens (including phenoxy) is 1. The molecule has 1 aromatic heterocycles. The molecule has 1 heterocycles. The monoisotopic (exact) mass is 281 g/mol. The number of nitrogens with one attached hydrogen (secondary N) is 3. The van der Waals surface area contributed by atoms with Crippen LogP contribution in [0.4, 0.5) is 5.82 Å².